The molecule has 0 amide bonds. The van der Waals surface area contributed by atoms with Crippen LogP contribution in [0.3, 0.4) is 0 Å². The summed E-state index contributed by atoms with van der Waals surface area (Å²) in [7, 11) is 0. The standard InChI is InChI=1S/C11H11ClN2/c1-6-4-5-7(2)10-9(6)8(3)13-11(12)14-10/h4-5H,1-3H3. The first-order valence-corrected chi connectivity index (χ1v) is 4.87. The van der Waals surface area contributed by atoms with E-state index >= 15 is 0 Å². The summed E-state index contributed by atoms with van der Waals surface area (Å²) in [6.07, 6.45) is 0. The SMILES string of the molecule is Cc1ccc(C)c2c(C)nc(Cl)nc12. The second-order valence-electron chi connectivity index (χ2n) is 3.50. The van der Waals surface area contributed by atoms with Crippen molar-refractivity contribution in [3.05, 3.63) is 34.2 Å². The number of hydrogen-bond donors (Lipinski definition) is 0. The molecule has 0 aliphatic carbocycles. The molecule has 1 aromatic heterocycles. The number of fused-ring (bicyclic) bond motifs is 1. The van der Waals surface area contributed by atoms with E-state index in [4.69, 9.17) is 11.6 Å². The Morgan fingerprint density at radius 3 is 2.36 bits per heavy atom. The first-order chi connectivity index (χ1) is 6.59. The smallest absolute Gasteiger partial charge is 0.223 e. The third kappa shape index (κ3) is 1.36. The molecule has 1 heterocycles. The van der Waals surface area contributed by atoms with Crippen molar-refractivity contribution >= 4 is 22.5 Å². The Bertz CT molecular complexity index is 506. The van der Waals surface area contributed by atoms with Crippen molar-refractivity contribution in [2.45, 2.75) is 20.8 Å². The fraction of sp³-hybridized carbons (Fsp3) is 0.273. The first-order valence-electron chi connectivity index (χ1n) is 4.49. The summed E-state index contributed by atoms with van der Waals surface area (Å²) in [6, 6.07) is 4.14. The molecule has 0 radical (unpaired) electrons. The van der Waals surface area contributed by atoms with E-state index in [0.29, 0.717) is 5.28 Å². The lowest BCUT2D eigenvalue weighted by Crippen LogP contribution is -1.94. The van der Waals surface area contributed by atoms with E-state index in [1.54, 1.807) is 0 Å². The van der Waals surface area contributed by atoms with E-state index in [1.165, 1.54) is 5.56 Å². The van der Waals surface area contributed by atoms with Gasteiger partial charge >= 0.3 is 0 Å². The van der Waals surface area contributed by atoms with E-state index in [0.717, 1.165) is 22.2 Å². The van der Waals surface area contributed by atoms with Crippen molar-refractivity contribution in [3.63, 3.8) is 0 Å². The number of nitrogens with zero attached hydrogens (tertiary/aromatic N) is 2. The molecule has 0 bridgehead atoms. The molecule has 2 nitrogen and oxygen atoms in total. The van der Waals surface area contributed by atoms with E-state index in [2.05, 4.69) is 29.0 Å². The molecule has 0 saturated heterocycles. The summed E-state index contributed by atoms with van der Waals surface area (Å²) < 4.78 is 0. The highest BCUT2D eigenvalue weighted by Crippen LogP contribution is 2.23. The fourth-order valence-electron chi connectivity index (χ4n) is 1.71. The quantitative estimate of drug-likeness (QED) is 0.619. The molecule has 0 aliphatic heterocycles. The maximum absolute atomic E-state index is 5.83. The van der Waals surface area contributed by atoms with Gasteiger partial charge in [0, 0.05) is 5.39 Å². The van der Waals surface area contributed by atoms with Crippen LogP contribution in [0.4, 0.5) is 0 Å². The van der Waals surface area contributed by atoms with Crippen LogP contribution in [0.25, 0.3) is 10.9 Å². The third-order valence-corrected chi connectivity index (χ3v) is 2.58. The maximum Gasteiger partial charge on any atom is 0.223 e. The minimum Gasteiger partial charge on any atom is -0.223 e. The van der Waals surface area contributed by atoms with Gasteiger partial charge in [0.05, 0.1) is 11.2 Å². The van der Waals surface area contributed by atoms with Crippen molar-refractivity contribution < 1.29 is 0 Å². The van der Waals surface area contributed by atoms with Gasteiger partial charge in [0.25, 0.3) is 0 Å². The van der Waals surface area contributed by atoms with Gasteiger partial charge in [0.2, 0.25) is 5.28 Å². The van der Waals surface area contributed by atoms with Crippen LogP contribution in [0.15, 0.2) is 12.1 Å². The van der Waals surface area contributed by atoms with E-state index < -0.39 is 0 Å². The van der Waals surface area contributed by atoms with E-state index in [9.17, 15) is 0 Å². The highest BCUT2D eigenvalue weighted by molar-refractivity contribution is 6.28. The zero-order valence-corrected chi connectivity index (χ0v) is 9.18. The Kier molecular flexibility index (Phi) is 2.16. The Morgan fingerprint density at radius 1 is 1.00 bits per heavy atom. The topological polar surface area (TPSA) is 25.8 Å². The molecular weight excluding hydrogens is 196 g/mol. The van der Waals surface area contributed by atoms with Gasteiger partial charge < -0.3 is 0 Å². The third-order valence-electron chi connectivity index (χ3n) is 2.41. The molecular formula is C11H11ClN2. The van der Waals surface area contributed by atoms with Gasteiger partial charge in [0.1, 0.15) is 0 Å². The zero-order valence-electron chi connectivity index (χ0n) is 8.43. The first kappa shape index (κ1) is 9.41. The monoisotopic (exact) mass is 206 g/mol. The number of hydrogen-bond acceptors (Lipinski definition) is 2. The molecule has 2 aromatic rings. The molecule has 0 N–H and O–H groups in total. The summed E-state index contributed by atoms with van der Waals surface area (Å²) in [5.41, 5.74) is 4.24. The van der Waals surface area contributed by atoms with Crippen LogP contribution >= 0.6 is 11.6 Å². The second kappa shape index (κ2) is 3.21. The van der Waals surface area contributed by atoms with Crippen LogP contribution in [0.1, 0.15) is 16.8 Å². The minimum atomic E-state index is 0.323. The van der Waals surface area contributed by atoms with Crippen LogP contribution in [0.5, 0.6) is 0 Å². The zero-order chi connectivity index (χ0) is 10.3. The van der Waals surface area contributed by atoms with Crippen molar-refractivity contribution in [3.8, 4) is 0 Å². The fourth-order valence-corrected chi connectivity index (χ4v) is 1.92. The Labute approximate surface area is 88.0 Å². The molecule has 0 spiro atoms. The normalized spacial score (nSPS) is 10.9. The lowest BCUT2D eigenvalue weighted by molar-refractivity contribution is 1.14. The average molecular weight is 207 g/mol. The number of aryl methyl sites for hydroxylation is 3. The van der Waals surface area contributed by atoms with Gasteiger partial charge in [-0.3, -0.25) is 0 Å². The summed E-state index contributed by atoms with van der Waals surface area (Å²) in [6.45, 7) is 6.05. The van der Waals surface area contributed by atoms with Gasteiger partial charge in [0.15, 0.2) is 0 Å². The van der Waals surface area contributed by atoms with Gasteiger partial charge in [-0.25, -0.2) is 9.97 Å². The maximum atomic E-state index is 5.83. The van der Waals surface area contributed by atoms with Crippen molar-refractivity contribution in [1.82, 2.24) is 9.97 Å². The van der Waals surface area contributed by atoms with Crippen molar-refractivity contribution in [2.24, 2.45) is 0 Å². The lowest BCUT2D eigenvalue weighted by atomic mass is 10.0. The molecule has 2 rings (SSSR count). The van der Waals surface area contributed by atoms with Crippen LogP contribution in [-0.4, -0.2) is 9.97 Å². The summed E-state index contributed by atoms with van der Waals surface area (Å²) in [5, 5.41) is 1.44. The number of rotatable bonds is 0. The summed E-state index contributed by atoms with van der Waals surface area (Å²) >= 11 is 5.83. The number of halogens is 1. The summed E-state index contributed by atoms with van der Waals surface area (Å²) in [4.78, 5) is 8.41. The minimum absolute atomic E-state index is 0.323. The van der Waals surface area contributed by atoms with Crippen LogP contribution < -0.4 is 0 Å². The predicted molar refractivity (Wildman–Crippen MR) is 58.8 cm³/mol. The molecule has 3 heteroatoms. The highest BCUT2D eigenvalue weighted by Gasteiger charge is 2.07. The molecule has 0 aliphatic rings. The second-order valence-corrected chi connectivity index (χ2v) is 3.84. The molecule has 0 saturated carbocycles. The Hall–Kier alpha value is -1.15. The van der Waals surface area contributed by atoms with E-state index in [1.807, 2.05) is 13.8 Å². The molecule has 14 heavy (non-hydrogen) atoms. The molecule has 0 fully saturated rings. The average Bonchev–Trinajstić information content (AvgIpc) is 2.10. The van der Waals surface area contributed by atoms with Gasteiger partial charge in [-0.15, -0.1) is 0 Å². The van der Waals surface area contributed by atoms with Crippen LogP contribution in [-0.2, 0) is 0 Å². The lowest BCUT2D eigenvalue weighted by Gasteiger charge is -2.07. The molecule has 1 aromatic carbocycles. The van der Waals surface area contributed by atoms with Crippen LogP contribution in [0, 0.1) is 20.8 Å². The molecule has 0 atom stereocenters. The van der Waals surface area contributed by atoms with Crippen molar-refractivity contribution in [1.29, 1.82) is 0 Å². The largest absolute Gasteiger partial charge is 0.223 e. The van der Waals surface area contributed by atoms with Gasteiger partial charge in [-0.2, -0.15) is 0 Å². The Balaban J connectivity index is 3.00. The highest BCUT2D eigenvalue weighted by atomic mass is 35.5. The molecule has 72 valence electrons. The number of aromatic nitrogens is 2. The van der Waals surface area contributed by atoms with Gasteiger partial charge in [-0.1, -0.05) is 12.1 Å². The Morgan fingerprint density at radius 2 is 1.64 bits per heavy atom. The van der Waals surface area contributed by atoms with E-state index in [-0.39, 0.29) is 0 Å². The van der Waals surface area contributed by atoms with Crippen molar-refractivity contribution in [2.75, 3.05) is 0 Å². The van der Waals surface area contributed by atoms with Gasteiger partial charge in [-0.05, 0) is 43.5 Å². The molecule has 0 unspecified atom stereocenters. The summed E-state index contributed by atoms with van der Waals surface area (Å²) in [5.74, 6) is 0. The predicted octanol–water partition coefficient (Wildman–Crippen LogP) is 3.21. The number of benzene rings is 1. The van der Waals surface area contributed by atoms with Crippen LogP contribution in [0.2, 0.25) is 5.28 Å².